The highest BCUT2D eigenvalue weighted by Crippen LogP contribution is 2.31. The number of aromatic amines is 1. The van der Waals surface area contributed by atoms with Gasteiger partial charge in [-0.2, -0.15) is 18.3 Å². The number of amides is 1. The number of piperidine rings is 1. The number of hydrogen-bond donors (Lipinski definition) is 3. The van der Waals surface area contributed by atoms with Gasteiger partial charge in [0.05, 0.1) is 29.7 Å². The van der Waals surface area contributed by atoms with Crippen molar-refractivity contribution in [2.24, 2.45) is 4.99 Å². The lowest BCUT2D eigenvalue weighted by atomic mass is 10.0. The molecule has 0 aliphatic carbocycles. The van der Waals surface area contributed by atoms with Gasteiger partial charge >= 0.3 is 6.18 Å². The minimum Gasteiger partial charge on any atom is -0.494 e. The Morgan fingerprint density at radius 3 is 2.67 bits per heavy atom. The van der Waals surface area contributed by atoms with Crippen LogP contribution in [0.1, 0.15) is 62.0 Å². The predicted molar refractivity (Wildman–Crippen MR) is 132 cm³/mol. The third kappa shape index (κ3) is 5.72. The topological polar surface area (TPSA) is 98.5 Å². The summed E-state index contributed by atoms with van der Waals surface area (Å²) in [5.74, 6) is -0.965. The number of aromatic nitrogens is 3. The Balaban J connectivity index is 1.58. The lowest BCUT2D eigenvalue weighted by Crippen LogP contribution is -2.39. The van der Waals surface area contributed by atoms with Gasteiger partial charge in [-0.1, -0.05) is 6.92 Å². The van der Waals surface area contributed by atoms with Gasteiger partial charge in [0.2, 0.25) is 0 Å². The summed E-state index contributed by atoms with van der Waals surface area (Å²) in [6.45, 7) is 6.91. The maximum absolute atomic E-state index is 12.5. The van der Waals surface area contributed by atoms with E-state index in [-0.39, 0.29) is 11.4 Å². The van der Waals surface area contributed by atoms with Crippen LogP contribution in [0, 0.1) is 0 Å². The molecule has 4 rings (SSSR count). The van der Waals surface area contributed by atoms with Crippen LogP contribution >= 0.6 is 0 Å². The zero-order chi connectivity index (χ0) is 26.0. The Kier molecular flexibility index (Phi) is 7.39. The van der Waals surface area contributed by atoms with E-state index >= 15 is 0 Å². The van der Waals surface area contributed by atoms with Crippen molar-refractivity contribution in [2.75, 3.05) is 19.6 Å². The second-order valence-electron chi connectivity index (χ2n) is 9.36. The normalized spacial score (nSPS) is 16.2. The minimum absolute atomic E-state index is 0.0583. The molecular weight excluding hydrogens is 473 g/mol. The second-order valence-corrected chi connectivity index (χ2v) is 9.36. The van der Waals surface area contributed by atoms with Gasteiger partial charge in [0.25, 0.3) is 5.91 Å². The van der Waals surface area contributed by atoms with E-state index in [4.69, 9.17) is 4.99 Å². The van der Waals surface area contributed by atoms with Crippen LogP contribution in [0.25, 0.3) is 10.9 Å². The number of alkyl halides is 3. The van der Waals surface area contributed by atoms with E-state index in [0.29, 0.717) is 46.4 Å². The monoisotopic (exact) mass is 504 g/mol. The summed E-state index contributed by atoms with van der Waals surface area (Å²) in [7, 11) is 0. The van der Waals surface area contributed by atoms with Crippen molar-refractivity contribution in [3.05, 3.63) is 41.7 Å². The largest absolute Gasteiger partial charge is 0.494 e. The fourth-order valence-corrected chi connectivity index (χ4v) is 4.61. The van der Waals surface area contributed by atoms with E-state index < -0.39 is 18.6 Å². The summed E-state index contributed by atoms with van der Waals surface area (Å²) in [4.78, 5) is 22.3. The molecule has 0 spiro atoms. The van der Waals surface area contributed by atoms with Crippen LogP contribution in [0.3, 0.4) is 0 Å². The molecule has 0 bridgehead atoms. The second kappa shape index (κ2) is 10.3. The highest BCUT2D eigenvalue weighted by Gasteiger charge is 2.28. The summed E-state index contributed by atoms with van der Waals surface area (Å²) < 4.78 is 39.5. The summed E-state index contributed by atoms with van der Waals surface area (Å²) >= 11 is 0. The van der Waals surface area contributed by atoms with Crippen LogP contribution in [0.15, 0.2) is 35.6 Å². The maximum atomic E-state index is 12.5. The number of rotatable bonds is 7. The van der Waals surface area contributed by atoms with E-state index in [1.807, 2.05) is 23.1 Å². The highest BCUT2D eigenvalue weighted by molar-refractivity contribution is 6.14. The fraction of sp³-hybridized carbons (Fsp3) is 0.480. The minimum atomic E-state index is -4.50. The number of likely N-dealkylation sites (tertiary alicyclic amines) is 1. The van der Waals surface area contributed by atoms with E-state index in [0.717, 1.165) is 25.9 Å². The molecule has 194 valence electrons. The molecule has 0 radical (unpaired) electrons. The number of fused-ring (bicyclic) bond motifs is 1. The van der Waals surface area contributed by atoms with Crippen molar-refractivity contribution < 1.29 is 23.1 Å². The summed E-state index contributed by atoms with van der Waals surface area (Å²) in [5, 5.41) is 17.5. The molecular formula is C25H31F3N6O2. The molecule has 36 heavy (non-hydrogen) atoms. The number of aromatic hydroxyl groups is 1. The van der Waals surface area contributed by atoms with Gasteiger partial charge in [-0.25, -0.2) is 4.99 Å². The number of benzene rings is 1. The standard InChI is InChI=1S/C25H31F3N6O2/c1-4-20(31-17-12-30-34(13-17)18-7-9-33(10-8-18)15(2)3)22-19-11-16(5-6-21(19)32-24(22)36)23(35)29-14-25(26,27)28/h5-6,11-13,15,18,32,36H,4,7-10,14H2,1-3H3,(H,29,35). The lowest BCUT2D eigenvalue weighted by Gasteiger charge is -2.34. The molecule has 1 aliphatic rings. The number of hydrogen-bond acceptors (Lipinski definition) is 5. The van der Waals surface area contributed by atoms with Crippen LogP contribution in [0.4, 0.5) is 18.9 Å². The van der Waals surface area contributed by atoms with Crippen molar-refractivity contribution in [3.63, 3.8) is 0 Å². The Bertz CT molecular complexity index is 1250. The van der Waals surface area contributed by atoms with E-state index in [9.17, 15) is 23.1 Å². The van der Waals surface area contributed by atoms with Crippen molar-refractivity contribution in [2.45, 2.75) is 58.3 Å². The first-order valence-corrected chi connectivity index (χ1v) is 12.1. The Hall–Kier alpha value is -3.34. The van der Waals surface area contributed by atoms with Gasteiger partial charge in [-0.3, -0.25) is 9.48 Å². The molecule has 0 unspecified atom stereocenters. The average molecular weight is 505 g/mol. The number of carbonyl (C=O) groups is 1. The predicted octanol–water partition coefficient (Wildman–Crippen LogP) is 4.94. The van der Waals surface area contributed by atoms with Gasteiger partial charge in [0, 0.05) is 35.6 Å². The number of carbonyl (C=O) groups excluding carboxylic acids is 1. The van der Waals surface area contributed by atoms with Crippen molar-refractivity contribution in [3.8, 4) is 5.88 Å². The van der Waals surface area contributed by atoms with Crippen LogP contribution in [-0.2, 0) is 0 Å². The molecule has 3 heterocycles. The van der Waals surface area contributed by atoms with Gasteiger partial charge in [-0.05, 0) is 51.3 Å². The molecule has 1 saturated heterocycles. The zero-order valence-electron chi connectivity index (χ0n) is 20.6. The molecule has 3 aromatic rings. The number of aliphatic imine (C=N–C) groups is 1. The third-order valence-corrected chi connectivity index (χ3v) is 6.57. The van der Waals surface area contributed by atoms with Crippen molar-refractivity contribution >= 4 is 28.2 Å². The van der Waals surface area contributed by atoms with Gasteiger partial charge < -0.3 is 20.3 Å². The average Bonchev–Trinajstić information content (AvgIpc) is 3.43. The molecule has 1 aromatic carbocycles. The van der Waals surface area contributed by atoms with Crippen molar-refractivity contribution in [1.82, 2.24) is 25.0 Å². The van der Waals surface area contributed by atoms with Gasteiger partial charge in [-0.15, -0.1) is 0 Å². The molecule has 11 heteroatoms. The van der Waals surface area contributed by atoms with Gasteiger partial charge in [0.15, 0.2) is 5.88 Å². The Morgan fingerprint density at radius 1 is 1.31 bits per heavy atom. The van der Waals surface area contributed by atoms with Crippen LogP contribution in [-0.4, -0.2) is 68.2 Å². The quantitative estimate of drug-likeness (QED) is 0.397. The smallest absolute Gasteiger partial charge is 0.405 e. The molecule has 0 atom stereocenters. The number of nitrogens with zero attached hydrogens (tertiary/aromatic N) is 4. The summed E-state index contributed by atoms with van der Waals surface area (Å²) in [6, 6.07) is 5.24. The third-order valence-electron chi connectivity index (χ3n) is 6.57. The van der Waals surface area contributed by atoms with Crippen LogP contribution < -0.4 is 5.32 Å². The SMILES string of the molecule is CCC(=Nc1cnn(C2CCN(C(C)C)CC2)c1)c1c(O)[nH]c2ccc(C(=O)NCC(F)(F)F)cc12. The molecule has 2 aromatic heterocycles. The molecule has 1 amide bonds. The van der Waals surface area contributed by atoms with Crippen LogP contribution in [0.2, 0.25) is 0 Å². The maximum Gasteiger partial charge on any atom is 0.405 e. The molecule has 1 fully saturated rings. The summed E-state index contributed by atoms with van der Waals surface area (Å²) in [5.41, 5.74) is 2.23. The van der Waals surface area contributed by atoms with E-state index in [2.05, 4.69) is 28.8 Å². The lowest BCUT2D eigenvalue weighted by molar-refractivity contribution is -0.123. The van der Waals surface area contributed by atoms with Gasteiger partial charge in [0.1, 0.15) is 12.2 Å². The molecule has 8 nitrogen and oxygen atoms in total. The van der Waals surface area contributed by atoms with Crippen LogP contribution in [0.5, 0.6) is 5.88 Å². The molecule has 1 aliphatic heterocycles. The summed E-state index contributed by atoms with van der Waals surface area (Å²) in [6.07, 6.45) is 1.57. The number of halogens is 3. The van der Waals surface area contributed by atoms with Crippen molar-refractivity contribution in [1.29, 1.82) is 0 Å². The molecule has 0 saturated carbocycles. The van der Waals surface area contributed by atoms with E-state index in [1.54, 1.807) is 12.3 Å². The fourth-order valence-electron chi connectivity index (χ4n) is 4.61. The first kappa shape index (κ1) is 25.7. The number of nitrogens with one attached hydrogen (secondary N) is 2. The highest BCUT2D eigenvalue weighted by atomic mass is 19.4. The number of H-pyrrole nitrogens is 1. The Labute approximate surface area is 207 Å². The first-order valence-electron chi connectivity index (χ1n) is 12.1. The zero-order valence-corrected chi connectivity index (χ0v) is 20.6. The molecule has 3 N–H and O–H groups in total. The Morgan fingerprint density at radius 2 is 2.03 bits per heavy atom. The van der Waals surface area contributed by atoms with E-state index in [1.165, 1.54) is 12.1 Å². The first-order chi connectivity index (χ1) is 17.1.